The Kier molecular flexibility index (Phi) is 9.01. The zero-order valence-corrected chi connectivity index (χ0v) is 23.8. The van der Waals surface area contributed by atoms with Crippen LogP contribution < -0.4 is 10.6 Å². The molecule has 41 heavy (non-hydrogen) atoms. The standard InChI is InChI=1S/C30H40F2N6O3/c1-18(39)35-28-6-5-21(16-34-28)23-14-20-4-3-10-38(27(20)15-24(23)29(31)32)30(33)25-17-37(19(2)40)11-7-26(25)36-22-8-12-41-13-9-22/h5-6,15,21-23,29,33,36H,3-4,7-14,16-17H2,1-2H3,(H,34,35,39). The van der Waals surface area contributed by atoms with Crippen molar-refractivity contribution in [2.45, 2.75) is 64.8 Å². The molecule has 0 aromatic heterocycles. The van der Waals surface area contributed by atoms with Crippen LogP contribution >= 0.6 is 0 Å². The SMILES string of the molecule is CC(=O)NC1=NCC(C2CC3=C(C=C2C(F)F)N(C(=N)C2=C(NC4CCOCC4)CCN(C(C)=O)C2)CCC3)C=C1. The van der Waals surface area contributed by atoms with Gasteiger partial charge in [-0.15, -0.1) is 0 Å². The van der Waals surface area contributed by atoms with Crippen LogP contribution in [0.1, 0.15) is 52.4 Å². The maximum absolute atomic E-state index is 14.5. The summed E-state index contributed by atoms with van der Waals surface area (Å²) in [4.78, 5) is 31.7. The largest absolute Gasteiger partial charge is 0.385 e. The van der Waals surface area contributed by atoms with E-state index < -0.39 is 12.3 Å². The molecule has 1 aliphatic carbocycles. The van der Waals surface area contributed by atoms with Crippen LogP contribution in [0.3, 0.4) is 0 Å². The summed E-state index contributed by atoms with van der Waals surface area (Å²) in [5.74, 6) is -0.114. The minimum Gasteiger partial charge on any atom is -0.385 e. The van der Waals surface area contributed by atoms with Gasteiger partial charge in [0, 0.05) is 87.6 Å². The van der Waals surface area contributed by atoms with E-state index in [9.17, 15) is 23.8 Å². The lowest BCUT2D eigenvalue weighted by molar-refractivity contribution is -0.128. The van der Waals surface area contributed by atoms with Gasteiger partial charge in [0.1, 0.15) is 11.7 Å². The Labute approximate surface area is 240 Å². The maximum Gasteiger partial charge on any atom is 0.260 e. The number of amidine groups is 2. The Morgan fingerprint density at radius 2 is 1.95 bits per heavy atom. The first-order chi connectivity index (χ1) is 19.7. The van der Waals surface area contributed by atoms with Crippen LogP contribution in [-0.4, -0.2) is 85.1 Å². The third kappa shape index (κ3) is 6.60. The van der Waals surface area contributed by atoms with Crippen LogP contribution in [0, 0.1) is 17.2 Å². The van der Waals surface area contributed by atoms with Crippen molar-refractivity contribution >= 4 is 23.5 Å². The predicted molar refractivity (Wildman–Crippen MR) is 153 cm³/mol. The quantitative estimate of drug-likeness (QED) is 0.346. The fourth-order valence-electron chi connectivity index (χ4n) is 6.50. The van der Waals surface area contributed by atoms with E-state index in [0.717, 1.165) is 42.5 Å². The first-order valence-electron chi connectivity index (χ1n) is 14.6. The van der Waals surface area contributed by atoms with Gasteiger partial charge in [-0.3, -0.25) is 20.0 Å². The summed E-state index contributed by atoms with van der Waals surface area (Å²) < 4.78 is 34.6. The summed E-state index contributed by atoms with van der Waals surface area (Å²) in [6.45, 7) is 6.15. The molecule has 0 aromatic carbocycles. The molecule has 0 radical (unpaired) electrons. The molecule has 4 aliphatic heterocycles. The molecule has 9 nitrogen and oxygen atoms in total. The highest BCUT2D eigenvalue weighted by Crippen LogP contribution is 2.43. The maximum atomic E-state index is 14.5. The molecule has 11 heteroatoms. The molecular formula is C30H40F2N6O3. The smallest absolute Gasteiger partial charge is 0.260 e. The molecule has 222 valence electrons. The number of aliphatic imine (C=N–C) groups is 1. The van der Waals surface area contributed by atoms with E-state index in [1.807, 2.05) is 11.0 Å². The lowest BCUT2D eigenvalue weighted by Gasteiger charge is -2.41. The number of halogens is 2. The van der Waals surface area contributed by atoms with Crippen LogP contribution in [0.5, 0.6) is 0 Å². The topological polar surface area (TPSA) is 110 Å². The number of hydrogen-bond donors (Lipinski definition) is 3. The summed E-state index contributed by atoms with van der Waals surface area (Å²) in [5.41, 5.74) is 3.59. The fraction of sp³-hybridized carbons (Fsp3) is 0.600. The van der Waals surface area contributed by atoms with E-state index in [-0.39, 0.29) is 35.2 Å². The first kappa shape index (κ1) is 29.2. The predicted octanol–water partition coefficient (Wildman–Crippen LogP) is 3.52. The first-order valence-corrected chi connectivity index (χ1v) is 14.6. The fourth-order valence-corrected chi connectivity index (χ4v) is 6.50. The van der Waals surface area contributed by atoms with Crippen molar-refractivity contribution < 1.29 is 23.1 Å². The molecule has 4 heterocycles. The number of hydrogen-bond acceptors (Lipinski definition) is 6. The van der Waals surface area contributed by atoms with Crippen molar-refractivity contribution in [1.82, 2.24) is 20.4 Å². The van der Waals surface area contributed by atoms with Gasteiger partial charge in [0.15, 0.2) is 0 Å². The molecule has 1 saturated heterocycles. The molecule has 2 amide bonds. The molecule has 0 aromatic rings. The van der Waals surface area contributed by atoms with Gasteiger partial charge in [-0.05, 0) is 55.7 Å². The second kappa shape index (κ2) is 12.7. The number of carbonyl (C=O) groups is 2. The monoisotopic (exact) mass is 570 g/mol. The average molecular weight is 571 g/mol. The summed E-state index contributed by atoms with van der Waals surface area (Å²) in [5, 5.41) is 15.6. The average Bonchev–Trinajstić information content (AvgIpc) is 2.96. The van der Waals surface area contributed by atoms with Gasteiger partial charge in [-0.2, -0.15) is 0 Å². The van der Waals surface area contributed by atoms with Crippen molar-refractivity contribution in [3.05, 3.63) is 46.3 Å². The van der Waals surface area contributed by atoms with Gasteiger partial charge in [0.2, 0.25) is 11.8 Å². The molecule has 3 N–H and O–H groups in total. The van der Waals surface area contributed by atoms with Crippen molar-refractivity contribution in [3.8, 4) is 0 Å². The lowest BCUT2D eigenvalue weighted by Crippen LogP contribution is -2.46. The summed E-state index contributed by atoms with van der Waals surface area (Å²) in [6.07, 6.45) is 7.06. The van der Waals surface area contributed by atoms with Crippen LogP contribution in [0.4, 0.5) is 8.78 Å². The van der Waals surface area contributed by atoms with Crippen LogP contribution in [0.25, 0.3) is 0 Å². The highest BCUT2D eigenvalue weighted by molar-refractivity contribution is 6.04. The number of nitrogens with zero attached hydrogens (tertiary/aromatic N) is 3. The Morgan fingerprint density at radius 1 is 1.17 bits per heavy atom. The Morgan fingerprint density at radius 3 is 2.61 bits per heavy atom. The summed E-state index contributed by atoms with van der Waals surface area (Å²) in [7, 11) is 0. The number of ether oxygens (including phenoxy) is 1. The van der Waals surface area contributed by atoms with Gasteiger partial charge < -0.3 is 25.2 Å². The third-order valence-corrected chi connectivity index (χ3v) is 8.70. The third-order valence-electron chi connectivity index (χ3n) is 8.70. The van der Waals surface area contributed by atoms with Crippen molar-refractivity contribution in [2.75, 3.05) is 39.4 Å². The zero-order chi connectivity index (χ0) is 29.1. The van der Waals surface area contributed by atoms with Crippen LogP contribution in [0.15, 0.2) is 51.3 Å². The molecular weight excluding hydrogens is 530 g/mol. The minimum absolute atomic E-state index is 0.0378. The molecule has 5 rings (SSSR count). The van der Waals surface area contributed by atoms with E-state index in [2.05, 4.69) is 15.6 Å². The van der Waals surface area contributed by atoms with Crippen LogP contribution in [0.2, 0.25) is 0 Å². The number of dihydropyridines is 1. The van der Waals surface area contributed by atoms with E-state index in [1.165, 1.54) is 6.92 Å². The van der Waals surface area contributed by atoms with E-state index >= 15 is 0 Å². The minimum atomic E-state index is -2.63. The van der Waals surface area contributed by atoms with Crippen molar-refractivity contribution in [1.29, 1.82) is 5.41 Å². The Bertz CT molecular complexity index is 1230. The van der Waals surface area contributed by atoms with Crippen molar-refractivity contribution in [3.63, 3.8) is 0 Å². The molecule has 0 saturated carbocycles. The van der Waals surface area contributed by atoms with Gasteiger partial charge >= 0.3 is 0 Å². The van der Waals surface area contributed by atoms with Gasteiger partial charge in [-0.1, -0.05) is 6.08 Å². The zero-order valence-electron chi connectivity index (χ0n) is 23.8. The van der Waals surface area contributed by atoms with Gasteiger partial charge in [0.05, 0.1) is 6.54 Å². The van der Waals surface area contributed by atoms with E-state index in [0.29, 0.717) is 63.8 Å². The highest BCUT2D eigenvalue weighted by atomic mass is 19.3. The van der Waals surface area contributed by atoms with E-state index in [1.54, 1.807) is 24.0 Å². The summed E-state index contributed by atoms with van der Waals surface area (Å²) in [6, 6.07) is 0.250. The molecule has 2 atom stereocenters. The highest BCUT2D eigenvalue weighted by Gasteiger charge is 2.38. The van der Waals surface area contributed by atoms with Crippen molar-refractivity contribution in [2.24, 2.45) is 16.8 Å². The number of alkyl halides is 2. The lowest BCUT2D eigenvalue weighted by atomic mass is 9.74. The second-order valence-electron chi connectivity index (χ2n) is 11.5. The normalized spacial score (nSPS) is 25.6. The second-order valence-corrected chi connectivity index (χ2v) is 11.5. The number of allylic oxidation sites excluding steroid dienone is 3. The van der Waals surface area contributed by atoms with E-state index in [4.69, 9.17) is 4.74 Å². The number of rotatable bonds is 5. The summed E-state index contributed by atoms with van der Waals surface area (Å²) >= 11 is 0. The number of carbonyl (C=O) groups excluding carboxylic acids is 2. The van der Waals surface area contributed by atoms with Gasteiger partial charge in [-0.25, -0.2) is 8.78 Å². The Balaban J connectivity index is 1.41. The molecule has 0 bridgehead atoms. The molecule has 1 fully saturated rings. The number of nitrogens with one attached hydrogen (secondary N) is 3. The molecule has 2 unspecified atom stereocenters. The Hall–Kier alpha value is -3.34. The number of amides is 2. The van der Waals surface area contributed by atoms with Gasteiger partial charge in [0.25, 0.3) is 6.43 Å². The van der Waals surface area contributed by atoms with Crippen LogP contribution in [-0.2, 0) is 14.3 Å². The molecule has 5 aliphatic rings. The molecule has 0 spiro atoms.